The number of nitrogens with one attached hydrogen (secondary N) is 4. The molecule has 0 radical (unpaired) electrons. The predicted molar refractivity (Wildman–Crippen MR) is 142 cm³/mol. The third kappa shape index (κ3) is 7.34. The first-order valence-corrected chi connectivity index (χ1v) is 13.6. The van der Waals surface area contributed by atoms with Crippen LogP contribution in [0.4, 0.5) is 37.6 Å². The first kappa shape index (κ1) is 26.7. The van der Waals surface area contributed by atoms with Crippen molar-refractivity contribution in [1.29, 1.82) is 0 Å². The lowest BCUT2D eigenvalue weighted by Crippen LogP contribution is -2.39. The van der Waals surface area contributed by atoms with Crippen LogP contribution in [0.5, 0.6) is 0 Å². The summed E-state index contributed by atoms with van der Waals surface area (Å²) in [4.78, 5) is 10.9. The van der Waals surface area contributed by atoms with Gasteiger partial charge in [0.25, 0.3) is 16.1 Å². The van der Waals surface area contributed by atoms with E-state index in [2.05, 4.69) is 30.0 Å². The van der Waals surface area contributed by atoms with Crippen molar-refractivity contribution in [1.82, 2.24) is 19.4 Å². The maximum atomic E-state index is 13.4. The summed E-state index contributed by atoms with van der Waals surface area (Å²) < 4.78 is 55.8. The molecule has 37 heavy (non-hydrogen) atoms. The number of hydrogen-bond donors (Lipinski definition) is 4. The van der Waals surface area contributed by atoms with Crippen LogP contribution >= 0.6 is 0 Å². The predicted octanol–water partition coefficient (Wildman–Crippen LogP) is 4.45. The molecule has 0 spiro atoms. The second kappa shape index (κ2) is 11.4. The van der Waals surface area contributed by atoms with Gasteiger partial charge in [-0.1, -0.05) is 25.1 Å². The third-order valence-corrected chi connectivity index (χ3v) is 7.21. The highest BCUT2D eigenvalue weighted by Gasteiger charge is 2.33. The molecule has 0 unspecified atom stereocenters. The quantitative estimate of drug-likeness (QED) is 0.306. The molecule has 1 fully saturated rings. The third-order valence-electron chi connectivity index (χ3n) is 6.01. The zero-order valence-electron chi connectivity index (χ0n) is 20.8. The zero-order valence-corrected chi connectivity index (χ0v) is 21.6. The van der Waals surface area contributed by atoms with Gasteiger partial charge < -0.3 is 15.5 Å². The Balaban J connectivity index is 1.44. The van der Waals surface area contributed by atoms with Crippen molar-refractivity contribution in [3.8, 4) is 0 Å². The molecule has 12 heteroatoms. The summed E-state index contributed by atoms with van der Waals surface area (Å²) in [6.07, 6.45) is 1.42. The van der Waals surface area contributed by atoms with Crippen LogP contribution in [-0.2, 0) is 16.8 Å². The number of aryl methyl sites for hydroxylation is 1. The molecule has 1 aliphatic rings. The summed E-state index contributed by atoms with van der Waals surface area (Å²) >= 11 is 0. The van der Waals surface area contributed by atoms with E-state index in [0.29, 0.717) is 37.1 Å². The average Bonchev–Trinajstić information content (AvgIpc) is 2.86. The van der Waals surface area contributed by atoms with Crippen LogP contribution in [0.25, 0.3) is 0 Å². The lowest BCUT2D eigenvalue weighted by atomic mass is 10.1. The second-order valence-corrected chi connectivity index (χ2v) is 10.4. The molecule has 1 saturated heterocycles. The van der Waals surface area contributed by atoms with Crippen LogP contribution in [-0.4, -0.2) is 43.9 Å². The van der Waals surface area contributed by atoms with Crippen LogP contribution in [0.2, 0.25) is 0 Å². The SMILES string of the molecule is CCNS(=O)(=O)NCc1ccccc1Nc1nc(Nc2ccc(N3CCC(F)(F)CC3)cc2)ncc1C. The molecular weight excluding hydrogens is 500 g/mol. The number of rotatable bonds is 10. The van der Waals surface area contributed by atoms with Crippen LogP contribution < -0.4 is 25.0 Å². The lowest BCUT2D eigenvalue weighted by molar-refractivity contribution is -0.0220. The van der Waals surface area contributed by atoms with E-state index in [4.69, 9.17) is 0 Å². The van der Waals surface area contributed by atoms with Crippen molar-refractivity contribution >= 4 is 39.0 Å². The van der Waals surface area contributed by atoms with Gasteiger partial charge in [-0.3, -0.25) is 0 Å². The number of piperidine rings is 1. The number of halogens is 2. The van der Waals surface area contributed by atoms with Crippen molar-refractivity contribution in [3.63, 3.8) is 0 Å². The molecule has 0 atom stereocenters. The van der Waals surface area contributed by atoms with Gasteiger partial charge in [0.05, 0.1) is 0 Å². The highest BCUT2D eigenvalue weighted by Crippen LogP contribution is 2.31. The summed E-state index contributed by atoms with van der Waals surface area (Å²) in [5, 5.41) is 6.45. The Morgan fingerprint density at radius 2 is 1.70 bits per heavy atom. The minimum absolute atomic E-state index is 0.106. The van der Waals surface area contributed by atoms with Gasteiger partial charge in [-0.15, -0.1) is 0 Å². The molecule has 0 amide bonds. The van der Waals surface area contributed by atoms with Crippen molar-refractivity contribution < 1.29 is 17.2 Å². The van der Waals surface area contributed by atoms with Gasteiger partial charge in [0.15, 0.2) is 0 Å². The summed E-state index contributed by atoms with van der Waals surface area (Å²) in [5.41, 5.74) is 3.94. The molecule has 2 aromatic carbocycles. The standard InChI is InChI=1S/C25H31F2N7O2S/c1-3-29-37(35,36)30-17-19-6-4-5-7-22(19)32-23-18(2)16-28-24(33-23)31-20-8-10-21(11-9-20)34-14-12-25(26,27)13-15-34/h4-11,16,29-30H,3,12-15,17H2,1-2H3,(H2,28,31,32,33). The fourth-order valence-corrected chi connectivity index (χ4v) is 4.77. The van der Waals surface area contributed by atoms with E-state index in [-0.39, 0.29) is 19.4 Å². The molecule has 4 N–H and O–H groups in total. The number of benzene rings is 2. The molecular formula is C25H31F2N7O2S. The molecule has 9 nitrogen and oxygen atoms in total. The van der Waals surface area contributed by atoms with Crippen LogP contribution in [0.3, 0.4) is 0 Å². The normalized spacial score (nSPS) is 15.4. The van der Waals surface area contributed by atoms with Gasteiger partial charge in [0, 0.05) is 67.8 Å². The number of para-hydroxylation sites is 1. The van der Waals surface area contributed by atoms with Gasteiger partial charge in [-0.2, -0.15) is 18.1 Å². The molecule has 0 bridgehead atoms. The Labute approximate surface area is 215 Å². The Morgan fingerprint density at radius 3 is 2.41 bits per heavy atom. The first-order chi connectivity index (χ1) is 17.6. The Morgan fingerprint density at radius 1 is 1.00 bits per heavy atom. The zero-order chi connectivity index (χ0) is 26.5. The molecule has 3 aromatic rings. The Kier molecular flexibility index (Phi) is 8.20. The Hall–Kier alpha value is -3.35. The molecule has 0 saturated carbocycles. The number of aromatic nitrogens is 2. The molecule has 0 aliphatic carbocycles. The number of anilines is 5. The van der Waals surface area contributed by atoms with Crippen molar-refractivity contribution in [2.75, 3.05) is 35.2 Å². The van der Waals surface area contributed by atoms with Gasteiger partial charge in [0.1, 0.15) is 5.82 Å². The summed E-state index contributed by atoms with van der Waals surface area (Å²) in [6.45, 7) is 4.64. The number of alkyl halides is 2. The van der Waals surface area contributed by atoms with Crippen molar-refractivity contribution in [3.05, 3.63) is 65.9 Å². The Bertz CT molecular complexity index is 1310. The minimum atomic E-state index is -3.58. The van der Waals surface area contributed by atoms with Gasteiger partial charge >= 0.3 is 0 Å². The van der Waals surface area contributed by atoms with Crippen molar-refractivity contribution in [2.45, 2.75) is 39.2 Å². The van der Waals surface area contributed by atoms with Crippen molar-refractivity contribution in [2.24, 2.45) is 0 Å². The van der Waals surface area contributed by atoms with E-state index in [9.17, 15) is 17.2 Å². The van der Waals surface area contributed by atoms with Gasteiger partial charge in [-0.25, -0.2) is 18.5 Å². The average molecular weight is 532 g/mol. The van der Waals surface area contributed by atoms with Crippen LogP contribution in [0.15, 0.2) is 54.7 Å². The van der Waals surface area contributed by atoms with Gasteiger partial charge in [-0.05, 0) is 42.8 Å². The molecule has 198 valence electrons. The maximum absolute atomic E-state index is 13.4. The maximum Gasteiger partial charge on any atom is 0.277 e. The van der Waals surface area contributed by atoms with Crippen LogP contribution in [0.1, 0.15) is 30.9 Å². The van der Waals surface area contributed by atoms with E-state index in [1.807, 2.05) is 60.4 Å². The highest BCUT2D eigenvalue weighted by atomic mass is 32.2. The highest BCUT2D eigenvalue weighted by molar-refractivity contribution is 7.87. The largest absolute Gasteiger partial charge is 0.371 e. The lowest BCUT2D eigenvalue weighted by Gasteiger charge is -2.33. The van der Waals surface area contributed by atoms with E-state index < -0.39 is 16.1 Å². The fraction of sp³-hybridized carbons (Fsp3) is 0.360. The minimum Gasteiger partial charge on any atom is -0.371 e. The second-order valence-electron chi connectivity index (χ2n) is 8.84. The molecule has 1 aliphatic heterocycles. The summed E-state index contributed by atoms with van der Waals surface area (Å²) in [7, 11) is -3.58. The topological polar surface area (TPSA) is 111 Å². The van der Waals surface area contributed by atoms with E-state index >= 15 is 0 Å². The summed E-state index contributed by atoms with van der Waals surface area (Å²) in [5.74, 6) is -1.62. The molecule has 1 aromatic heterocycles. The van der Waals surface area contributed by atoms with E-state index in [0.717, 1.165) is 22.5 Å². The number of nitrogens with zero attached hydrogens (tertiary/aromatic N) is 3. The van der Waals surface area contributed by atoms with E-state index in [1.54, 1.807) is 13.1 Å². The van der Waals surface area contributed by atoms with E-state index in [1.165, 1.54) is 0 Å². The van der Waals surface area contributed by atoms with Gasteiger partial charge in [0.2, 0.25) is 5.95 Å². The monoisotopic (exact) mass is 531 g/mol. The summed E-state index contributed by atoms with van der Waals surface area (Å²) in [6, 6.07) is 14.9. The first-order valence-electron chi connectivity index (χ1n) is 12.1. The number of hydrogen-bond acceptors (Lipinski definition) is 7. The fourth-order valence-electron chi connectivity index (χ4n) is 3.94. The smallest absolute Gasteiger partial charge is 0.277 e. The molecule has 4 rings (SSSR count). The van der Waals surface area contributed by atoms with Crippen LogP contribution in [0, 0.1) is 6.92 Å². The molecule has 2 heterocycles.